The van der Waals surface area contributed by atoms with E-state index in [4.69, 9.17) is 19.1 Å². The van der Waals surface area contributed by atoms with Crippen LogP contribution in [0.1, 0.15) is 181 Å². The number of ether oxygens (including phenoxy) is 2. The summed E-state index contributed by atoms with van der Waals surface area (Å²) < 4.78 is 32.7. The largest absolute Gasteiger partial charge is 0.472 e. The highest BCUT2D eigenvalue weighted by molar-refractivity contribution is 7.47. The van der Waals surface area contributed by atoms with Crippen LogP contribution < -0.4 is 0 Å². The van der Waals surface area contributed by atoms with Gasteiger partial charge in [0.05, 0.1) is 25.9 Å². The fraction of sp³-hybridized carbons (Fsp3) is 0.783. The number of allylic oxidation sites excluding steroid dienone is 8. The molecule has 58 heavy (non-hydrogen) atoms. The average Bonchev–Trinajstić information content (AvgIpc) is 3.20. The Balaban J connectivity index is 4.37. The maximum absolute atomic E-state index is 12.6. The molecule has 0 rings (SSSR count). The lowest BCUT2D eigenvalue weighted by Gasteiger charge is -2.20. The van der Waals surface area contributed by atoms with E-state index in [1.54, 1.807) is 0 Å². The van der Waals surface area contributed by atoms with Gasteiger partial charge in [-0.25, -0.2) is 4.57 Å². The van der Waals surface area contributed by atoms with Gasteiger partial charge < -0.3 is 29.7 Å². The number of hydrogen-bond acceptors (Lipinski definition) is 10. The molecule has 0 saturated carbocycles. The van der Waals surface area contributed by atoms with E-state index in [9.17, 15) is 29.3 Å². The van der Waals surface area contributed by atoms with E-state index in [-0.39, 0.29) is 25.6 Å². The average molecular weight is 843 g/mol. The maximum atomic E-state index is 12.6. The number of carbonyl (C=O) groups excluding carboxylic acids is 2. The van der Waals surface area contributed by atoms with Gasteiger partial charge in [0.15, 0.2) is 6.10 Å². The van der Waals surface area contributed by atoms with Gasteiger partial charge in [0.2, 0.25) is 0 Å². The molecule has 0 aromatic heterocycles. The Bertz CT molecular complexity index is 1140. The second-order valence-electron chi connectivity index (χ2n) is 15.7. The fourth-order valence-corrected chi connectivity index (χ4v) is 6.71. The van der Waals surface area contributed by atoms with Crippen LogP contribution in [-0.4, -0.2) is 76.9 Å². The normalized spacial score (nSPS) is 14.9. The van der Waals surface area contributed by atoms with Gasteiger partial charge in [-0.2, -0.15) is 0 Å². The van der Waals surface area contributed by atoms with Gasteiger partial charge >= 0.3 is 19.8 Å². The highest BCUT2D eigenvalue weighted by Gasteiger charge is 2.27. The molecule has 0 aliphatic rings. The van der Waals surface area contributed by atoms with Crippen molar-refractivity contribution in [1.29, 1.82) is 0 Å². The number of rotatable bonds is 41. The van der Waals surface area contributed by atoms with Gasteiger partial charge in [0.1, 0.15) is 12.7 Å². The van der Waals surface area contributed by atoms with Crippen molar-refractivity contribution >= 4 is 19.8 Å². The van der Waals surface area contributed by atoms with Crippen LogP contribution in [0.25, 0.3) is 0 Å². The minimum Gasteiger partial charge on any atom is -0.462 e. The molecule has 0 aromatic carbocycles. The van der Waals surface area contributed by atoms with Crippen molar-refractivity contribution in [1.82, 2.24) is 0 Å². The molecule has 11 nitrogen and oxygen atoms in total. The minimum absolute atomic E-state index is 0.0949. The lowest BCUT2D eigenvalue weighted by molar-refractivity contribution is -0.161. The van der Waals surface area contributed by atoms with Crippen LogP contribution in [0.3, 0.4) is 0 Å². The first-order chi connectivity index (χ1) is 28.0. The fourth-order valence-electron chi connectivity index (χ4n) is 5.92. The molecule has 4 atom stereocenters. The van der Waals surface area contributed by atoms with Gasteiger partial charge in [-0.1, -0.05) is 159 Å². The Kier molecular flexibility index (Phi) is 38.8. The third-order valence-corrected chi connectivity index (χ3v) is 10.5. The van der Waals surface area contributed by atoms with Crippen molar-refractivity contribution < 1.29 is 52.9 Å². The van der Waals surface area contributed by atoms with E-state index < -0.39 is 51.8 Å². The standard InChI is InChI=1S/C46H83O11P/c1-4-42(48)34-30-26-22-18-14-10-6-8-12-16-20-24-28-32-36-46(51)57-44(40-56-58(52,53)55-38-43(49)37-47)39-54-45(50)35-31-27-23-19-15-11-7-5-9-13-17-21-25-29-33-41(2)3/h8,10,12,14,20,22,24,26,41-44,47-49H,4-7,9,11,13,15-19,21,23,25,27-40H2,1-3H3,(H,52,53)/b12-8-,14-10-,24-20-,26-22-/t42-,43+,44-/m1/s1. The summed E-state index contributed by atoms with van der Waals surface area (Å²) >= 11 is 0. The summed E-state index contributed by atoms with van der Waals surface area (Å²) in [4.78, 5) is 35.0. The van der Waals surface area contributed by atoms with Crippen molar-refractivity contribution in [3.63, 3.8) is 0 Å². The first-order valence-corrected chi connectivity index (χ1v) is 24.0. The molecule has 0 aromatic rings. The van der Waals surface area contributed by atoms with E-state index in [0.29, 0.717) is 19.3 Å². The van der Waals surface area contributed by atoms with Crippen LogP contribution in [0.5, 0.6) is 0 Å². The molecule has 0 heterocycles. The smallest absolute Gasteiger partial charge is 0.462 e. The predicted octanol–water partition coefficient (Wildman–Crippen LogP) is 10.9. The number of unbranched alkanes of at least 4 members (excludes halogenated alkanes) is 14. The number of phosphoric acid groups is 1. The third-order valence-electron chi connectivity index (χ3n) is 9.58. The van der Waals surface area contributed by atoms with E-state index in [2.05, 4.69) is 54.8 Å². The summed E-state index contributed by atoms with van der Waals surface area (Å²) in [6.45, 7) is 4.37. The number of hydrogen-bond donors (Lipinski definition) is 4. The van der Waals surface area contributed by atoms with Crippen molar-refractivity contribution in [2.75, 3.05) is 26.4 Å². The van der Waals surface area contributed by atoms with Gasteiger partial charge in [0.25, 0.3) is 0 Å². The minimum atomic E-state index is -4.64. The molecule has 0 saturated heterocycles. The van der Waals surface area contributed by atoms with Crippen LogP contribution in [0, 0.1) is 5.92 Å². The summed E-state index contributed by atoms with van der Waals surface area (Å²) in [6, 6.07) is 0. The Morgan fingerprint density at radius 3 is 1.55 bits per heavy atom. The lowest BCUT2D eigenvalue weighted by Crippen LogP contribution is -2.29. The molecule has 0 radical (unpaired) electrons. The molecule has 12 heteroatoms. The molecular formula is C46H83O11P. The summed E-state index contributed by atoms with van der Waals surface area (Å²) in [5, 5.41) is 27.9. The molecule has 0 amide bonds. The molecule has 338 valence electrons. The molecule has 4 N–H and O–H groups in total. The monoisotopic (exact) mass is 843 g/mol. The van der Waals surface area contributed by atoms with E-state index in [1.807, 2.05) is 19.1 Å². The van der Waals surface area contributed by atoms with Crippen LogP contribution in [0.15, 0.2) is 48.6 Å². The Morgan fingerprint density at radius 2 is 1.03 bits per heavy atom. The Labute approximate surface area is 352 Å². The summed E-state index contributed by atoms with van der Waals surface area (Å²) in [6.07, 6.45) is 38.9. The number of phosphoric ester groups is 1. The summed E-state index contributed by atoms with van der Waals surface area (Å²) in [5.41, 5.74) is 0. The van der Waals surface area contributed by atoms with Gasteiger partial charge in [-0.05, 0) is 63.7 Å². The van der Waals surface area contributed by atoms with Gasteiger partial charge in [-0.15, -0.1) is 0 Å². The predicted molar refractivity (Wildman–Crippen MR) is 234 cm³/mol. The van der Waals surface area contributed by atoms with Gasteiger partial charge in [-0.3, -0.25) is 18.6 Å². The number of aliphatic hydroxyl groups is 3. The molecule has 0 fully saturated rings. The summed E-state index contributed by atoms with van der Waals surface area (Å²) in [7, 11) is -4.64. The quantitative estimate of drug-likeness (QED) is 0.0200. The molecule has 0 bridgehead atoms. The van der Waals surface area contributed by atoms with Crippen LogP contribution in [0.2, 0.25) is 0 Å². The first kappa shape index (κ1) is 55.9. The maximum Gasteiger partial charge on any atom is 0.472 e. The van der Waals surface area contributed by atoms with E-state index >= 15 is 0 Å². The van der Waals surface area contributed by atoms with E-state index in [1.165, 1.54) is 70.6 Å². The Morgan fingerprint density at radius 1 is 0.569 bits per heavy atom. The second-order valence-corrected chi connectivity index (χ2v) is 17.2. The molecule has 0 aliphatic carbocycles. The highest BCUT2D eigenvalue weighted by atomic mass is 31.2. The zero-order valence-corrected chi connectivity index (χ0v) is 37.4. The van der Waals surface area contributed by atoms with Crippen LogP contribution in [-0.2, 0) is 32.7 Å². The van der Waals surface area contributed by atoms with Crippen LogP contribution in [0.4, 0.5) is 0 Å². The van der Waals surface area contributed by atoms with E-state index in [0.717, 1.165) is 63.7 Å². The first-order valence-electron chi connectivity index (χ1n) is 22.5. The van der Waals surface area contributed by atoms with Crippen molar-refractivity contribution in [2.45, 2.75) is 200 Å². The lowest BCUT2D eigenvalue weighted by atomic mass is 10.0. The SMILES string of the molecule is CC[C@@H](O)CC/C=C\C/C=C\C/C=C\C/C=C\CCCC(=O)O[C@H](COC(=O)CCCCCCCCCCCCCCCCC(C)C)COP(=O)(O)OC[C@@H](O)CO. The van der Waals surface area contributed by atoms with Crippen LogP contribution >= 0.6 is 7.82 Å². The number of carbonyl (C=O) groups is 2. The zero-order valence-electron chi connectivity index (χ0n) is 36.5. The molecule has 0 aliphatic heterocycles. The Hall–Kier alpha value is -2.11. The number of esters is 2. The summed E-state index contributed by atoms with van der Waals surface area (Å²) in [5.74, 6) is -0.188. The van der Waals surface area contributed by atoms with Crippen molar-refractivity contribution in [3.8, 4) is 0 Å². The van der Waals surface area contributed by atoms with Gasteiger partial charge in [0, 0.05) is 12.8 Å². The number of aliphatic hydroxyl groups excluding tert-OH is 3. The highest BCUT2D eigenvalue weighted by Crippen LogP contribution is 2.43. The molecule has 1 unspecified atom stereocenters. The topological polar surface area (TPSA) is 169 Å². The van der Waals surface area contributed by atoms with Crippen molar-refractivity contribution in [2.24, 2.45) is 5.92 Å². The molecule has 0 spiro atoms. The molecular weight excluding hydrogens is 759 g/mol. The zero-order chi connectivity index (χ0) is 43.0. The third kappa shape index (κ3) is 40.7. The van der Waals surface area contributed by atoms with Crippen molar-refractivity contribution in [3.05, 3.63) is 48.6 Å². The second kappa shape index (κ2) is 40.3.